The van der Waals surface area contributed by atoms with Gasteiger partial charge in [-0.05, 0) is 62.4 Å². The predicted octanol–water partition coefficient (Wildman–Crippen LogP) is 4.88. The van der Waals surface area contributed by atoms with Crippen LogP contribution in [0.1, 0.15) is 29.5 Å². The zero-order valence-corrected chi connectivity index (χ0v) is 13.3. The number of hydrogen-bond acceptors (Lipinski definition) is 2. The molecule has 1 N–H and O–H groups in total. The summed E-state index contributed by atoms with van der Waals surface area (Å²) in [6, 6.07) is 14.6. The Balaban J connectivity index is 1.66. The zero-order chi connectivity index (χ0) is 15.1. The standard InChI is InChI=1S/C19H25NO/c1-15-8-6-11-18(14-15)21-13-5-4-12-20-19-16(2)9-7-10-17(19)3/h6-11,14,20H,4-5,12-13H2,1-3H3. The van der Waals surface area contributed by atoms with Gasteiger partial charge < -0.3 is 10.1 Å². The lowest BCUT2D eigenvalue weighted by atomic mass is 10.1. The lowest BCUT2D eigenvalue weighted by Gasteiger charge is -2.12. The summed E-state index contributed by atoms with van der Waals surface area (Å²) in [5.41, 5.74) is 5.14. The molecule has 0 saturated heterocycles. The predicted molar refractivity (Wildman–Crippen MR) is 90.3 cm³/mol. The molecule has 0 aliphatic heterocycles. The van der Waals surface area contributed by atoms with E-state index in [1.54, 1.807) is 0 Å². The van der Waals surface area contributed by atoms with E-state index in [4.69, 9.17) is 4.74 Å². The number of unbranched alkanes of at least 4 members (excludes halogenated alkanes) is 1. The smallest absolute Gasteiger partial charge is 0.119 e. The molecular formula is C19H25NO. The van der Waals surface area contributed by atoms with Gasteiger partial charge in [-0.15, -0.1) is 0 Å². The van der Waals surface area contributed by atoms with Crippen molar-refractivity contribution in [2.75, 3.05) is 18.5 Å². The minimum atomic E-state index is 0.776. The monoisotopic (exact) mass is 283 g/mol. The lowest BCUT2D eigenvalue weighted by molar-refractivity contribution is 0.308. The van der Waals surface area contributed by atoms with Crippen LogP contribution >= 0.6 is 0 Å². The molecule has 0 unspecified atom stereocenters. The van der Waals surface area contributed by atoms with Gasteiger partial charge in [-0.3, -0.25) is 0 Å². The van der Waals surface area contributed by atoms with Crippen molar-refractivity contribution in [3.8, 4) is 5.75 Å². The van der Waals surface area contributed by atoms with E-state index >= 15 is 0 Å². The number of para-hydroxylation sites is 1. The fourth-order valence-electron chi connectivity index (χ4n) is 2.43. The van der Waals surface area contributed by atoms with Crippen LogP contribution in [-0.2, 0) is 0 Å². The second-order valence-corrected chi connectivity index (χ2v) is 5.57. The lowest BCUT2D eigenvalue weighted by Crippen LogP contribution is -2.07. The zero-order valence-electron chi connectivity index (χ0n) is 13.3. The van der Waals surface area contributed by atoms with Crippen LogP contribution in [0.2, 0.25) is 0 Å². The Morgan fingerprint density at radius 3 is 2.33 bits per heavy atom. The Morgan fingerprint density at radius 2 is 1.62 bits per heavy atom. The van der Waals surface area contributed by atoms with Crippen molar-refractivity contribution in [1.82, 2.24) is 0 Å². The number of benzene rings is 2. The van der Waals surface area contributed by atoms with Gasteiger partial charge in [-0.2, -0.15) is 0 Å². The average molecular weight is 283 g/mol. The van der Waals surface area contributed by atoms with E-state index in [0.717, 1.165) is 31.7 Å². The van der Waals surface area contributed by atoms with Crippen molar-refractivity contribution in [3.63, 3.8) is 0 Å². The Labute approximate surface area is 128 Å². The molecule has 0 aliphatic rings. The molecule has 0 radical (unpaired) electrons. The van der Waals surface area contributed by atoms with Gasteiger partial charge in [0.1, 0.15) is 5.75 Å². The van der Waals surface area contributed by atoms with Crippen molar-refractivity contribution in [1.29, 1.82) is 0 Å². The molecule has 2 heteroatoms. The number of nitrogens with one attached hydrogen (secondary N) is 1. The van der Waals surface area contributed by atoms with Gasteiger partial charge in [0.25, 0.3) is 0 Å². The third kappa shape index (κ3) is 4.82. The first-order valence-electron chi connectivity index (χ1n) is 7.66. The third-order valence-corrected chi connectivity index (χ3v) is 3.61. The highest BCUT2D eigenvalue weighted by molar-refractivity contribution is 5.56. The van der Waals surface area contributed by atoms with Crippen LogP contribution < -0.4 is 10.1 Å². The molecular weight excluding hydrogens is 258 g/mol. The van der Waals surface area contributed by atoms with Crippen LogP contribution in [0.4, 0.5) is 5.69 Å². The van der Waals surface area contributed by atoms with Crippen LogP contribution in [0.25, 0.3) is 0 Å². The molecule has 0 bridgehead atoms. The summed E-state index contributed by atoms with van der Waals surface area (Å²) in [7, 11) is 0. The number of hydrogen-bond donors (Lipinski definition) is 1. The Morgan fingerprint density at radius 1 is 0.905 bits per heavy atom. The first-order valence-corrected chi connectivity index (χ1v) is 7.66. The molecule has 0 aliphatic carbocycles. The van der Waals surface area contributed by atoms with Gasteiger partial charge >= 0.3 is 0 Å². The van der Waals surface area contributed by atoms with Crippen molar-refractivity contribution in [3.05, 3.63) is 59.2 Å². The summed E-state index contributed by atoms with van der Waals surface area (Å²) in [6.45, 7) is 8.15. The van der Waals surface area contributed by atoms with Crippen LogP contribution in [0.5, 0.6) is 5.75 Å². The van der Waals surface area contributed by atoms with Crippen LogP contribution in [0, 0.1) is 20.8 Å². The second kappa shape index (κ2) is 7.72. The van der Waals surface area contributed by atoms with Crippen molar-refractivity contribution in [2.45, 2.75) is 33.6 Å². The van der Waals surface area contributed by atoms with E-state index < -0.39 is 0 Å². The van der Waals surface area contributed by atoms with E-state index in [0.29, 0.717) is 0 Å². The van der Waals surface area contributed by atoms with Crippen molar-refractivity contribution < 1.29 is 4.74 Å². The summed E-state index contributed by atoms with van der Waals surface area (Å²) in [5.74, 6) is 0.970. The van der Waals surface area contributed by atoms with Gasteiger partial charge in [0.05, 0.1) is 6.61 Å². The van der Waals surface area contributed by atoms with Gasteiger partial charge in [0, 0.05) is 12.2 Å². The summed E-state index contributed by atoms with van der Waals surface area (Å²) >= 11 is 0. The highest BCUT2D eigenvalue weighted by Gasteiger charge is 2.00. The normalized spacial score (nSPS) is 10.4. The minimum absolute atomic E-state index is 0.776. The quantitative estimate of drug-likeness (QED) is 0.731. The minimum Gasteiger partial charge on any atom is -0.494 e. The van der Waals surface area contributed by atoms with E-state index in [1.165, 1.54) is 22.4 Å². The Kier molecular flexibility index (Phi) is 5.68. The topological polar surface area (TPSA) is 21.3 Å². The van der Waals surface area contributed by atoms with E-state index in [1.807, 2.05) is 12.1 Å². The fraction of sp³-hybridized carbons (Fsp3) is 0.368. The number of anilines is 1. The molecule has 0 amide bonds. The molecule has 2 aromatic carbocycles. The van der Waals surface area contributed by atoms with Crippen LogP contribution in [-0.4, -0.2) is 13.2 Å². The summed E-state index contributed by atoms with van der Waals surface area (Å²) < 4.78 is 5.76. The average Bonchev–Trinajstić information content (AvgIpc) is 2.45. The van der Waals surface area contributed by atoms with E-state index in [-0.39, 0.29) is 0 Å². The van der Waals surface area contributed by atoms with Crippen LogP contribution in [0.15, 0.2) is 42.5 Å². The Bertz CT molecular complexity index is 557. The molecule has 2 nitrogen and oxygen atoms in total. The van der Waals surface area contributed by atoms with Gasteiger partial charge in [-0.1, -0.05) is 30.3 Å². The number of rotatable bonds is 7. The molecule has 2 rings (SSSR count). The molecule has 0 fully saturated rings. The van der Waals surface area contributed by atoms with Gasteiger partial charge in [0.2, 0.25) is 0 Å². The maximum absolute atomic E-state index is 5.76. The number of aryl methyl sites for hydroxylation is 3. The summed E-state index contributed by atoms with van der Waals surface area (Å²) in [6.07, 6.45) is 2.17. The molecule has 0 heterocycles. The van der Waals surface area contributed by atoms with Gasteiger partial charge in [0.15, 0.2) is 0 Å². The Hall–Kier alpha value is -1.96. The molecule has 0 saturated carbocycles. The van der Waals surface area contributed by atoms with E-state index in [2.05, 4.69) is 56.4 Å². The molecule has 0 atom stereocenters. The maximum Gasteiger partial charge on any atom is 0.119 e. The first-order chi connectivity index (χ1) is 10.2. The summed E-state index contributed by atoms with van der Waals surface area (Å²) in [4.78, 5) is 0. The SMILES string of the molecule is Cc1cccc(OCCCCNc2c(C)cccc2C)c1. The molecule has 0 aromatic heterocycles. The molecule has 21 heavy (non-hydrogen) atoms. The van der Waals surface area contributed by atoms with Crippen LogP contribution in [0.3, 0.4) is 0 Å². The number of ether oxygens (including phenoxy) is 1. The van der Waals surface area contributed by atoms with Gasteiger partial charge in [-0.25, -0.2) is 0 Å². The van der Waals surface area contributed by atoms with Crippen molar-refractivity contribution in [2.24, 2.45) is 0 Å². The highest BCUT2D eigenvalue weighted by atomic mass is 16.5. The second-order valence-electron chi connectivity index (χ2n) is 5.57. The summed E-state index contributed by atoms with van der Waals surface area (Å²) in [5, 5.41) is 3.53. The molecule has 0 spiro atoms. The molecule has 2 aromatic rings. The first kappa shape index (κ1) is 15.4. The van der Waals surface area contributed by atoms with E-state index in [9.17, 15) is 0 Å². The molecule has 112 valence electrons. The largest absolute Gasteiger partial charge is 0.494 e. The highest BCUT2D eigenvalue weighted by Crippen LogP contribution is 2.19. The van der Waals surface area contributed by atoms with Crippen molar-refractivity contribution >= 4 is 5.69 Å². The third-order valence-electron chi connectivity index (χ3n) is 3.61. The maximum atomic E-state index is 5.76. The fourth-order valence-corrected chi connectivity index (χ4v) is 2.43.